The molecule has 0 aromatic rings. The van der Waals surface area contributed by atoms with Crippen molar-refractivity contribution in [2.75, 3.05) is 19.7 Å². The summed E-state index contributed by atoms with van der Waals surface area (Å²) in [5, 5.41) is 21.6. The molecule has 4 aliphatic rings. The van der Waals surface area contributed by atoms with Gasteiger partial charge in [0.1, 0.15) is 11.6 Å². The number of amides is 1. The van der Waals surface area contributed by atoms with Crippen LogP contribution in [0.15, 0.2) is 11.8 Å². The van der Waals surface area contributed by atoms with E-state index in [-0.39, 0.29) is 29.5 Å². The summed E-state index contributed by atoms with van der Waals surface area (Å²) in [5.41, 5.74) is 0.368. The fourth-order valence-corrected chi connectivity index (χ4v) is 5.90. The minimum Gasteiger partial charge on any atom is -0.395 e. The van der Waals surface area contributed by atoms with Crippen molar-refractivity contribution in [2.24, 2.45) is 23.2 Å². The van der Waals surface area contributed by atoms with E-state index in [0.29, 0.717) is 13.1 Å². The normalized spacial score (nSPS) is 34.5. The molecule has 25 heavy (non-hydrogen) atoms. The number of hydrogen-bond acceptors (Lipinski definition) is 4. The number of nitriles is 1. The molecule has 0 aromatic heterocycles. The lowest BCUT2D eigenvalue weighted by Gasteiger charge is -2.59. The van der Waals surface area contributed by atoms with E-state index in [9.17, 15) is 10.1 Å². The first-order valence-electron chi connectivity index (χ1n) is 9.77. The number of carbonyl (C=O) groups excluding carboxylic acids is 1. The number of hydrogen-bond donors (Lipinski definition) is 2. The Kier molecular flexibility index (Phi) is 5.38. The van der Waals surface area contributed by atoms with Gasteiger partial charge in [-0.15, -0.1) is 0 Å². The molecule has 1 atom stereocenters. The average Bonchev–Trinajstić information content (AvgIpc) is 2.57. The molecule has 0 radical (unpaired) electrons. The molecular weight excluding hydrogens is 314 g/mol. The number of nitrogens with zero attached hydrogens (tertiary/aromatic N) is 2. The zero-order chi connectivity index (χ0) is 18.0. The molecule has 1 amide bonds. The lowest BCUT2D eigenvalue weighted by atomic mass is 9.48. The van der Waals surface area contributed by atoms with Gasteiger partial charge in [-0.3, -0.25) is 4.79 Å². The van der Waals surface area contributed by atoms with Crippen molar-refractivity contribution in [3.8, 4) is 6.07 Å². The van der Waals surface area contributed by atoms with Crippen molar-refractivity contribution >= 4 is 5.91 Å². The van der Waals surface area contributed by atoms with Gasteiger partial charge in [0.25, 0.3) is 5.91 Å². The number of rotatable bonds is 7. The first kappa shape index (κ1) is 18.3. The standard InChI is InChI=1S/C20H31N3O2/c1-3-23(4-5-24)13-18(12-21)19(25)22-14(2)20-9-15-6-16(10-20)8-17(7-15)11-20/h13-17,24H,3-11H2,1-2H3,(H,22,25)/b18-13-. The Morgan fingerprint density at radius 3 is 2.32 bits per heavy atom. The van der Waals surface area contributed by atoms with Crippen molar-refractivity contribution < 1.29 is 9.90 Å². The first-order chi connectivity index (χ1) is 12.0. The van der Waals surface area contributed by atoms with Crippen LogP contribution in [0.3, 0.4) is 0 Å². The third-order valence-electron chi connectivity index (χ3n) is 6.82. The molecule has 4 fully saturated rings. The van der Waals surface area contributed by atoms with Gasteiger partial charge in [-0.05, 0) is 75.5 Å². The summed E-state index contributed by atoms with van der Waals surface area (Å²) in [6.45, 7) is 5.17. The molecule has 0 spiro atoms. The van der Waals surface area contributed by atoms with Gasteiger partial charge in [-0.2, -0.15) is 5.26 Å². The number of aliphatic hydroxyl groups excluding tert-OH is 1. The van der Waals surface area contributed by atoms with Crippen molar-refractivity contribution in [3.63, 3.8) is 0 Å². The summed E-state index contributed by atoms with van der Waals surface area (Å²) in [4.78, 5) is 14.4. The zero-order valence-corrected chi connectivity index (χ0v) is 15.5. The second-order valence-corrected chi connectivity index (χ2v) is 8.48. The molecule has 4 bridgehead atoms. The molecule has 138 valence electrons. The Hall–Kier alpha value is -1.54. The summed E-state index contributed by atoms with van der Waals surface area (Å²) in [6, 6.07) is 2.14. The van der Waals surface area contributed by atoms with Gasteiger partial charge in [-0.1, -0.05) is 0 Å². The first-order valence-corrected chi connectivity index (χ1v) is 9.77. The summed E-state index contributed by atoms with van der Waals surface area (Å²) >= 11 is 0. The van der Waals surface area contributed by atoms with Crippen LogP contribution in [-0.4, -0.2) is 41.7 Å². The van der Waals surface area contributed by atoms with Crippen LogP contribution >= 0.6 is 0 Å². The average molecular weight is 345 g/mol. The molecule has 4 saturated carbocycles. The number of nitrogens with one attached hydrogen (secondary N) is 1. The predicted octanol–water partition coefficient (Wildman–Crippen LogP) is 2.43. The van der Waals surface area contributed by atoms with E-state index < -0.39 is 0 Å². The Balaban J connectivity index is 1.67. The van der Waals surface area contributed by atoms with Crippen LogP contribution in [0.1, 0.15) is 52.4 Å². The molecule has 1 unspecified atom stereocenters. The highest BCUT2D eigenvalue weighted by Crippen LogP contribution is 2.61. The van der Waals surface area contributed by atoms with Gasteiger partial charge >= 0.3 is 0 Å². The molecule has 0 saturated heterocycles. The maximum absolute atomic E-state index is 12.6. The SMILES string of the molecule is CCN(/C=C(/C#N)C(=O)NC(C)C12CC3CC(CC(C3)C1)C2)CCO. The summed E-state index contributed by atoms with van der Waals surface area (Å²) < 4.78 is 0. The highest BCUT2D eigenvalue weighted by atomic mass is 16.3. The van der Waals surface area contributed by atoms with Gasteiger partial charge in [-0.25, -0.2) is 0 Å². The third kappa shape index (κ3) is 3.69. The van der Waals surface area contributed by atoms with Crippen molar-refractivity contribution in [3.05, 3.63) is 11.8 Å². The Bertz CT molecular complexity index is 543. The maximum Gasteiger partial charge on any atom is 0.263 e. The van der Waals surface area contributed by atoms with E-state index in [4.69, 9.17) is 5.11 Å². The monoisotopic (exact) mass is 345 g/mol. The quantitative estimate of drug-likeness (QED) is 0.549. The molecule has 0 heterocycles. The molecule has 4 aliphatic carbocycles. The fourth-order valence-electron chi connectivity index (χ4n) is 5.90. The van der Waals surface area contributed by atoms with E-state index in [1.807, 2.05) is 13.0 Å². The summed E-state index contributed by atoms with van der Waals surface area (Å²) in [5.74, 6) is 2.26. The summed E-state index contributed by atoms with van der Waals surface area (Å²) in [7, 11) is 0. The summed E-state index contributed by atoms with van der Waals surface area (Å²) in [6.07, 6.45) is 9.44. The van der Waals surface area contributed by atoms with Crippen LogP contribution in [0.2, 0.25) is 0 Å². The van der Waals surface area contributed by atoms with Gasteiger partial charge in [0, 0.05) is 25.3 Å². The van der Waals surface area contributed by atoms with E-state index in [1.165, 1.54) is 38.5 Å². The van der Waals surface area contributed by atoms with E-state index in [1.54, 1.807) is 11.1 Å². The molecule has 5 nitrogen and oxygen atoms in total. The minimum atomic E-state index is -0.276. The molecule has 2 N–H and O–H groups in total. The third-order valence-corrected chi connectivity index (χ3v) is 6.82. The van der Waals surface area contributed by atoms with Crippen LogP contribution in [0.25, 0.3) is 0 Å². The maximum atomic E-state index is 12.6. The highest BCUT2D eigenvalue weighted by molar-refractivity contribution is 5.97. The van der Waals surface area contributed by atoms with Crippen molar-refractivity contribution in [1.82, 2.24) is 10.2 Å². The Morgan fingerprint density at radius 1 is 1.32 bits per heavy atom. The second kappa shape index (κ2) is 7.37. The molecule has 4 rings (SSSR count). The Labute approximate surface area is 151 Å². The van der Waals surface area contributed by atoms with E-state index in [2.05, 4.69) is 12.2 Å². The molecular formula is C20H31N3O2. The number of likely N-dealkylation sites (N-methyl/N-ethyl adjacent to an activating group) is 1. The minimum absolute atomic E-state index is 0.00828. The number of aliphatic hydroxyl groups is 1. The van der Waals surface area contributed by atoms with Crippen LogP contribution in [-0.2, 0) is 4.79 Å². The lowest BCUT2D eigenvalue weighted by Crippen LogP contribution is -2.56. The van der Waals surface area contributed by atoms with Crippen LogP contribution in [0.4, 0.5) is 0 Å². The van der Waals surface area contributed by atoms with Crippen molar-refractivity contribution in [2.45, 2.75) is 58.4 Å². The fraction of sp³-hybridized carbons (Fsp3) is 0.800. The van der Waals surface area contributed by atoms with Gasteiger partial charge in [0.2, 0.25) is 0 Å². The highest BCUT2D eigenvalue weighted by Gasteiger charge is 2.53. The molecule has 0 aliphatic heterocycles. The smallest absolute Gasteiger partial charge is 0.263 e. The van der Waals surface area contributed by atoms with Crippen molar-refractivity contribution in [1.29, 1.82) is 5.26 Å². The molecule has 5 heteroatoms. The van der Waals surface area contributed by atoms with Crippen LogP contribution in [0.5, 0.6) is 0 Å². The molecule has 0 aromatic carbocycles. The van der Waals surface area contributed by atoms with Gasteiger partial charge in [0.15, 0.2) is 0 Å². The van der Waals surface area contributed by atoms with E-state index in [0.717, 1.165) is 17.8 Å². The van der Waals surface area contributed by atoms with Crippen LogP contribution in [0, 0.1) is 34.5 Å². The lowest BCUT2D eigenvalue weighted by molar-refractivity contribution is -0.122. The van der Waals surface area contributed by atoms with Crippen LogP contribution < -0.4 is 5.32 Å². The van der Waals surface area contributed by atoms with Gasteiger partial charge < -0.3 is 15.3 Å². The zero-order valence-electron chi connectivity index (χ0n) is 15.5. The predicted molar refractivity (Wildman–Crippen MR) is 96.2 cm³/mol. The van der Waals surface area contributed by atoms with E-state index >= 15 is 0 Å². The van der Waals surface area contributed by atoms with Gasteiger partial charge in [0.05, 0.1) is 6.61 Å². The Morgan fingerprint density at radius 2 is 1.88 bits per heavy atom. The largest absolute Gasteiger partial charge is 0.395 e. The second-order valence-electron chi connectivity index (χ2n) is 8.48. The topological polar surface area (TPSA) is 76.4 Å². The number of carbonyl (C=O) groups is 1.